The molecular weight excluding hydrogens is 1020 g/mol. The first kappa shape index (κ1) is 47.9. The van der Waals surface area contributed by atoms with Crippen LogP contribution in [0, 0.1) is 47.3 Å². The summed E-state index contributed by atoms with van der Waals surface area (Å²) in [5.74, 6) is 12.1. The van der Waals surface area contributed by atoms with Crippen LogP contribution in [0.15, 0.2) is 146 Å². The standard InChI is InChI=1S/C85H80/c1-3-9-53(10-4-1)55-13-7-15-57(37-55)81-79-65-33-49-19-50(34-65)30-63(29-49)71(79)43-77-83(81)73-39-67-59-21-45-17-46(22-59)26-61(25-45)69(67)41-75(73)85(77)76-42-70-62-27-47-18-48(28-62)24-60(23-47)68(70)40-74(76)84-78(85)44-72-64-31-51-20-52(32-64)36-66(35-51)80(72)82(84)58-16-8-14-56(38-58)54-11-5-2-6-12-54/h1-16,37-52,59-66H,17-36H2. The average molecular weight is 1100 g/mol. The van der Waals surface area contributed by atoms with Crippen LogP contribution in [0.25, 0.3) is 66.8 Å². The SMILES string of the molecule is c1ccc(-c2cccc(-c3c4c(cc5c3C3CC6CC(CC5C6)C3)C3(c5cc6c(cc5-4)C4CC5CC(C4)CC6C5)c4cc5c(cc4-c4c3cc3c(c4-c4cccc(-c6ccccc6)c4)C4CC6CC(CC3C6)C4)C3CC4CC(C3)CC5C4)c2)cc1. The van der Waals surface area contributed by atoms with Gasteiger partial charge >= 0.3 is 0 Å². The van der Waals surface area contributed by atoms with Gasteiger partial charge in [-0.15, -0.1) is 0 Å². The molecule has 420 valence electrons. The molecule has 8 atom stereocenters. The molecule has 18 aliphatic carbocycles. The first-order valence-corrected chi connectivity index (χ1v) is 35.1. The average Bonchev–Trinajstić information content (AvgIpc) is 1.51. The Bertz CT molecular complexity index is 3900. The van der Waals surface area contributed by atoms with Gasteiger partial charge in [-0.3, -0.25) is 0 Å². The molecule has 0 radical (unpaired) electrons. The van der Waals surface area contributed by atoms with Gasteiger partial charge in [0.2, 0.25) is 0 Å². The maximum Gasteiger partial charge on any atom is 0.0726 e. The van der Waals surface area contributed by atoms with Crippen molar-refractivity contribution in [3.8, 4) is 66.8 Å². The van der Waals surface area contributed by atoms with Crippen LogP contribution in [0.1, 0.15) is 243 Å². The Labute approximate surface area is 504 Å². The largest absolute Gasteiger partial charge is 0.0726 e. The molecule has 26 rings (SSSR count). The third-order valence-corrected chi connectivity index (χ3v) is 27.9. The third kappa shape index (κ3) is 6.51. The van der Waals surface area contributed by atoms with Gasteiger partial charge in [-0.1, -0.05) is 133 Å². The van der Waals surface area contributed by atoms with Crippen molar-refractivity contribution < 1.29 is 0 Å². The summed E-state index contributed by atoms with van der Waals surface area (Å²) in [6, 6.07) is 61.4. The van der Waals surface area contributed by atoms with E-state index < -0.39 is 5.41 Å². The van der Waals surface area contributed by atoms with E-state index in [1.54, 1.807) is 100 Å². The molecule has 8 fully saturated rings. The van der Waals surface area contributed by atoms with Gasteiger partial charge in [-0.05, 0) is 369 Å². The van der Waals surface area contributed by atoms with Crippen molar-refractivity contribution in [1.82, 2.24) is 0 Å². The van der Waals surface area contributed by atoms with Gasteiger partial charge < -0.3 is 0 Å². The van der Waals surface area contributed by atoms with E-state index in [1.165, 1.54) is 162 Å². The summed E-state index contributed by atoms with van der Waals surface area (Å²) in [5, 5.41) is 0. The summed E-state index contributed by atoms with van der Waals surface area (Å²) in [7, 11) is 0. The summed E-state index contributed by atoms with van der Waals surface area (Å²) in [5.41, 5.74) is 38.9. The zero-order valence-corrected chi connectivity index (χ0v) is 49.7. The summed E-state index contributed by atoms with van der Waals surface area (Å²) >= 11 is 0. The lowest BCUT2D eigenvalue weighted by Crippen LogP contribution is -2.28. The zero-order chi connectivity index (χ0) is 54.7. The second-order valence-electron chi connectivity index (χ2n) is 32.3. The van der Waals surface area contributed by atoms with E-state index in [0.29, 0.717) is 47.3 Å². The summed E-state index contributed by atoms with van der Waals surface area (Å²) in [6.07, 6.45) is 28.2. The van der Waals surface area contributed by atoms with Gasteiger partial charge in [0.05, 0.1) is 5.41 Å². The number of hydrogen-bond donors (Lipinski definition) is 0. The van der Waals surface area contributed by atoms with Crippen molar-refractivity contribution in [2.75, 3.05) is 0 Å². The molecule has 18 aliphatic rings. The maximum absolute atomic E-state index is 3.07. The monoisotopic (exact) mass is 1100 g/mol. The first-order valence-electron chi connectivity index (χ1n) is 35.1. The Morgan fingerprint density at radius 2 is 0.494 bits per heavy atom. The van der Waals surface area contributed by atoms with Crippen molar-refractivity contribution >= 4 is 0 Å². The summed E-state index contributed by atoms with van der Waals surface area (Å²) in [4.78, 5) is 0. The second-order valence-corrected chi connectivity index (χ2v) is 32.3. The highest BCUT2D eigenvalue weighted by molar-refractivity contribution is 6.06. The zero-order valence-electron chi connectivity index (χ0n) is 49.7. The lowest BCUT2D eigenvalue weighted by molar-refractivity contribution is 0.165. The second kappa shape index (κ2) is 17.1. The highest BCUT2D eigenvalue weighted by Crippen LogP contribution is 2.73. The van der Waals surface area contributed by atoms with Crippen molar-refractivity contribution in [2.24, 2.45) is 47.3 Å². The van der Waals surface area contributed by atoms with E-state index in [4.69, 9.17) is 0 Å². The van der Waals surface area contributed by atoms with E-state index in [2.05, 4.69) is 146 Å². The van der Waals surface area contributed by atoms with Gasteiger partial charge in [0.25, 0.3) is 0 Å². The van der Waals surface area contributed by atoms with Crippen LogP contribution in [-0.2, 0) is 5.41 Å². The van der Waals surface area contributed by atoms with Crippen LogP contribution < -0.4 is 0 Å². The van der Waals surface area contributed by atoms with Gasteiger partial charge in [-0.2, -0.15) is 0 Å². The van der Waals surface area contributed by atoms with Gasteiger partial charge in [-0.25, -0.2) is 0 Å². The highest BCUT2D eigenvalue weighted by Gasteiger charge is 2.59. The van der Waals surface area contributed by atoms with Crippen molar-refractivity contribution in [2.45, 2.75) is 181 Å². The number of benzene rings is 8. The third-order valence-electron chi connectivity index (χ3n) is 27.9. The molecule has 16 bridgehead atoms. The fourth-order valence-electron chi connectivity index (χ4n) is 25.7. The van der Waals surface area contributed by atoms with Crippen molar-refractivity contribution in [3.05, 3.63) is 212 Å². The minimum atomic E-state index is -0.430. The van der Waals surface area contributed by atoms with Crippen LogP contribution in [0.3, 0.4) is 0 Å². The molecule has 0 heteroatoms. The van der Waals surface area contributed by atoms with Crippen LogP contribution >= 0.6 is 0 Å². The van der Waals surface area contributed by atoms with E-state index in [0.717, 1.165) is 47.3 Å². The molecule has 1 spiro atoms. The molecule has 0 aliphatic heterocycles. The summed E-state index contributed by atoms with van der Waals surface area (Å²) in [6.45, 7) is 0. The number of rotatable bonds is 4. The Kier molecular flexibility index (Phi) is 9.62. The molecule has 8 saturated carbocycles. The molecule has 85 heavy (non-hydrogen) atoms. The molecule has 8 aromatic carbocycles. The molecule has 0 amide bonds. The van der Waals surface area contributed by atoms with Crippen LogP contribution in [-0.4, -0.2) is 0 Å². The van der Waals surface area contributed by atoms with Crippen LogP contribution in [0.5, 0.6) is 0 Å². The number of hydrogen-bond acceptors (Lipinski definition) is 0. The Morgan fingerprint density at radius 1 is 0.212 bits per heavy atom. The van der Waals surface area contributed by atoms with Gasteiger partial charge in [0, 0.05) is 0 Å². The van der Waals surface area contributed by atoms with E-state index in [1.807, 2.05) is 0 Å². The molecule has 0 heterocycles. The minimum absolute atomic E-state index is 0.430. The Balaban J connectivity index is 0.924. The minimum Gasteiger partial charge on any atom is -0.0622 e. The molecule has 0 N–H and O–H groups in total. The predicted molar refractivity (Wildman–Crippen MR) is 347 cm³/mol. The van der Waals surface area contributed by atoms with E-state index in [-0.39, 0.29) is 0 Å². The van der Waals surface area contributed by atoms with Gasteiger partial charge in [0.1, 0.15) is 0 Å². The Morgan fingerprint density at radius 3 is 0.847 bits per heavy atom. The Hall–Kier alpha value is -6.24. The highest BCUT2D eigenvalue weighted by atomic mass is 14.6. The lowest BCUT2D eigenvalue weighted by atomic mass is 9.66. The lowest BCUT2D eigenvalue weighted by Gasteiger charge is -2.38. The van der Waals surface area contributed by atoms with Gasteiger partial charge in [0.15, 0.2) is 0 Å². The molecule has 0 saturated heterocycles. The quantitative estimate of drug-likeness (QED) is 0.165. The predicted octanol–water partition coefficient (Wildman–Crippen LogP) is 22.3. The first-order chi connectivity index (χ1) is 41.9. The summed E-state index contributed by atoms with van der Waals surface area (Å²) < 4.78 is 0. The van der Waals surface area contributed by atoms with Crippen LogP contribution in [0.4, 0.5) is 0 Å². The van der Waals surface area contributed by atoms with E-state index >= 15 is 0 Å². The van der Waals surface area contributed by atoms with Crippen molar-refractivity contribution in [1.29, 1.82) is 0 Å². The maximum atomic E-state index is 3.07. The molecule has 8 unspecified atom stereocenters. The smallest absolute Gasteiger partial charge is 0.0622 e. The van der Waals surface area contributed by atoms with Crippen LogP contribution in [0.2, 0.25) is 0 Å². The fourth-order valence-corrected chi connectivity index (χ4v) is 25.7. The number of fused-ring (bicyclic) bond motifs is 10. The topological polar surface area (TPSA) is 0 Å². The molecule has 0 nitrogen and oxygen atoms in total. The van der Waals surface area contributed by atoms with E-state index in [9.17, 15) is 0 Å². The fraction of sp³-hybridized carbons (Fsp3) is 0.435. The molecule has 8 aromatic rings. The van der Waals surface area contributed by atoms with Crippen molar-refractivity contribution in [3.63, 3.8) is 0 Å². The molecule has 0 aromatic heterocycles. The normalized spacial score (nSPS) is 35.6. The molecular formula is C85H80.